The van der Waals surface area contributed by atoms with Gasteiger partial charge in [-0.05, 0) is 161 Å². The van der Waals surface area contributed by atoms with Crippen LogP contribution in [0.15, 0.2) is 151 Å². The molecule has 71 heavy (non-hydrogen) atoms. The average molecular weight is 1020 g/mol. The van der Waals surface area contributed by atoms with E-state index in [4.69, 9.17) is 15.0 Å². The third kappa shape index (κ3) is 6.03. The highest BCUT2D eigenvalue weighted by atomic mass is 32.1. The molecule has 2 aliphatic rings. The van der Waals surface area contributed by atoms with Gasteiger partial charge in [0.2, 0.25) is 0 Å². The summed E-state index contributed by atoms with van der Waals surface area (Å²) < 4.78 is 2.52. The number of hydrogen-bond donors (Lipinski definition) is 0. The number of nitrogens with zero attached hydrogens (tertiary/aromatic N) is 4. The topological polar surface area (TPSA) is 51.6 Å². The first-order valence-electron chi connectivity index (χ1n) is 23.7. The van der Waals surface area contributed by atoms with Crippen molar-refractivity contribution in [3.05, 3.63) is 223 Å². The maximum atomic E-state index is 5.12. The number of benzene rings is 7. The Kier molecular flexibility index (Phi) is 9.07. The normalized spacial score (nSPS) is 14.2. The van der Waals surface area contributed by atoms with E-state index in [0.29, 0.717) is 0 Å². The van der Waals surface area contributed by atoms with E-state index >= 15 is 0 Å². The van der Waals surface area contributed by atoms with Gasteiger partial charge in [-0.1, -0.05) is 153 Å². The van der Waals surface area contributed by atoms with Crippen LogP contribution in [0.2, 0.25) is 0 Å². The monoisotopic (exact) mass is 1020 g/mol. The van der Waals surface area contributed by atoms with Crippen LogP contribution in [0.25, 0.3) is 81.5 Å². The van der Waals surface area contributed by atoms with Crippen LogP contribution in [-0.2, 0) is 10.8 Å². The number of aryl methyl sites for hydroxylation is 5. The smallest absolute Gasteiger partial charge is 0.155 e. The second kappa shape index (κ2) is 15.3. The lowest BCUT2D eigenvalue weighted by Crippen LogP contribution is -2.30. The number of thiazole rings is 4. The first-order valence-corrected chi connectivity index (χ1v) is 28.7. The van der Waals surface area contributed by atoms with E-state index in [9.17, 15) is 0 Å². The molecule has 0 aliphatic heterocycles. The molecule has 0 amide bonds. The highest BCUT2D eigenvalue weighted by Gasteiger charge is 2.52. The Morgan fingerprint density at radius 2 is 0.732 bits per heavy atom. The van der Waals surface area contributed by atoms with Crippen LogP contribution in [0.1, 0.15) is 71.8 Å². The average Bonchev–Trinajstić information content (AvgIpc) is 4.25. The molecule has 0 atom stereocenters. The van der Waals surface area contributed by atoms with Crippen LogP contribution in [-0.4, -0.2) is 19.9 Å². The molecule has 4 nitrogen and oxygen atoms in total. The second-order valence-electron chi connectivity index (χ2n) is 19.3. The van der Waals surface area contributed by atoms with Crippen LogP contribution in [0.3, 0.4) is 0 Å². The number of hydrogen-bond acceptors (Lipinski definition) is 10. The molecule has 0 radical (unpaired) electrons. The molecule has 0 saturated heterocycles. The molecule has 13 aromatic rings. The first-order chi connectivity index (χ1) is 34.6. The van der Waals surface area contributed by atoms with Crippen molar-refractivity contribution < 1.29 is 0 Å². The molecule has 2 aliphatic carbocycles. The van der Waals surface area contributed by atoms with E-state index in [1.54, 1.807) is 45.3 Å². The van der Waals surface area contributed by atoms with Crippen molar-refractivity contribution in [3.8, 4) is 42.0 Å². The van der Waals surface area contributed by atoms with Crippen LogP contribution in [0.4, 0.5) is 0 Å². The van der Waals surface area contributed by atoms with Crippen LogP contribution in [0.5, 0.6) is 0 Å². The SMILES string of the molecule is Cc1ccc(C2(c3ccc(C)cc3)c3cc4c(cc3-c3cc5sc(-c6nc7scnc7s6)cc5cc32)C(c2ccc(C)cc2)(c2ccc(C)cc2)c2cc3cc(-c5nc6sc(C)nc6s5)sc3cc2-4)cc1. The number of aromatic nitrogens is 4. The van der Waals surface area contributed by atoms with E-state index in [-0.39, 0.29) is 0 Å². The van der Waals surface area contributed by atoms with Crippen molar-refractivity contribution in [1.29, 1.82) is 0 Å². The van der Waals surface area contributed by atoms with Crippen molar-refractivity contribution >= 4 is 108 Å². The van der Waals surface area contributed by atoms with Crippen molar-refractivity contribution in [2.45, 2.75) is 45.4 Å². The number of rotatable bonds is 6. The molecule has 0 N–H and O–H groups in total. The van der Waals surface area contributed by atoms with Crippen LogP contribution in [0, 0.1) is 34.6 Å². The lowest BCUT2D eigenvalue weighted by atomic mass is 9.65. The van der Waals surface area contributed by atoms with E-state index in [1.807, 2.05) is 28.2 Å². The molecule has 0 spiro atoms. The number of fused-ring (bicyclic) bond motifs is 10. The minimum Gasteiger partial charge on any atom is -0.232 e. The zero-order valence-electron chi connectivity index (χ0n) is 39.2. The molecule has 0 fully saturated rings. The Hall–Kier alpha value is -6.50. The van der Waals surface area contributed by atoms with Crippen LogP contribution < -0.4 is 0 Å². The van der Waals surface area contributed by atoms with Gasteiger partial charge in [-0.25, -0.2) is 19.9 Å². The highest BCUT2D eigenvalue weighted by molar-refractivity contribution is 7.31. The van der Waals surface area contributed by atoms with Gasteiger partial charge in [0.05, 0.1) is 31.1 Å². The quantitative estimate of drug-likeness (QED) is 0.167. The van der Waals surface area contributed by atoms with Crippen molar-refractivity contribution in [3.63, 3.8) is 0 Å². The Morgan fingerprint density at radius 1 is 0.352 bits per heavy atom. The zero-order chi connectivity index (χ0) is 47.5. The van der Waals surface area contributed by atoms with Gasteiger partial charge in [-0.15, -0.1) is 34.0 Å². The van der Waals surface area contributed by atoms with E-state index in [0.717, 1.165) is 34.3 Å². The van der Waals surface area contributed by atoms with Gasteiger partial charge in [-0.3, -0.25) is 0 Å². The lowest BCUT2D eigenvalue weighted by Gasteiger charge is -2.36. The molecular weight excluding hydrogens is 981 g/mol. The zero-order valence-corrected chi connectivity index (χ0v) is 44.1. The van der Waals surface area contributed by atoms with Gasteiger partial charge in [0.25, 0.3) is 0 Å². The van der Waals surface area contributed by atoms with Gasteiger partial charge in [0.1, 0.15) is 10.0 Å². The maximum Gasteiger partial charge on any atom is 0.155 e. The summed E-state index contributed by atoms with van der Waals surface area (Å²) >= 11 is 10.4. The Labute approximate surface area is 434 Å². The molecule has 6 aromatic heterocycles. The minimum atomic E-state index is -0.617. The fourth-order valence-corrected chi connectivity index (χ4v) is 17.7. The van der Waals surface area contributed by atoms with E-state index < -0.39 is 10.8 Å². The Morgan fingerprint density at radius 3 is 1.15 bits per heavy atom. The molecule has 0 saturated carbocycles. The molecular formula is C61H40N4S6. The third-order valence-electron chi connectivity index (χ3n) is 15.0. The summed E-state index contributed by atoms with van der Waals surface area (Å²) in [5.41, 5.74) is 21.1. The van der Waals surface area contributed by atoms with Gasteiger partial charge >= 0.3 is 0 Å². The lowest BCUT2D eigenvalue weighted by molar-refractivity contribution is 0.759. The highest BCUT2D eigenvalue weighted by Crippen LogP contribution is 2.64. The summed E-state index contributed by atoms with van der Waals surface area (Å²) in [6.07, 6.45) is 0. The molecule has 0 bridgehead atoms. The van der Waals surface area contributed by atoms with Crippen molar-refractivity contribution in [1.82, 2.24) is 19.9 Å². The molecule has 15 rings (SSSR count). The predicted octanol–water partition coefficient (Wildman–Crippen LogP) is 17.9. The third-order valence-corrected chi connectivity index (χ3v) is 21.3. The molecule has 10 heteroatoms. The maximum absolute atomic E-state index is 5.12. The molecule has 0 unspecified atom stereocenters. The molecule has 7 aromatic carbocycles. The predicted molar refractivity (Wildman–Crippen MR) is 304 cm³/mol. The first kappa shape index (κ1) is 42.2. The largest absolute Gasteiger partial charge is 0.232 e. The summed E-state index contributed by atoms with van der Waals surface area (Å²) in [5, 5.41) is 5.60. The summed E-state index contributed by atoms with van der Waals surface area (Å²) in [5.74, 6) is 0. The minimum absolute atomic E-state index is 0.617. The van der Waals surface area contributed by atoms with E-state index in [1.165, 1.54) is 119 Å². The van der Waals surface area contributed by atoms with Crippen molar-refractivity contribution in [2.24, 2.45) is 0 Å². The summed E-state index contributed by atoms with van der Waals surface area (Å²) in [6, 6.07) is 57.4. The molecule has 340 valence electrons. The van der Waals surface area contributed by atoms with Gasteiger partial charge < -0.3 is 0 Å². The summed E-state index contributed by atoms with van der Waals surface area (Å²) in [4.78, 5) is 26.0. The summed E-state index contributed by atoms with van der Waals surface area (Å²) in [6.45, 7) is 10.8. The number of thiophene rings is 2. The standard InChI is InChI=1S/C61H40N4S6/c1-31-6-14-38(15-7-31)60(39-16-8-32(2)9-17-39)46-22-36-24-52(54-64-57-56(70-54)62-30-66-57)68-50(36)28-44(46)42-26-49-43(27-48(42)60)45-29-51-37(25-53(69-51)55-65-59-58(71-55)63-35(5)67-59)23-47(45)61(49,40-18-10-33(3)11-19-40)41-20-12-34(4)13-21-41/h6-30H,1-5H3. The summed E-state index contributed by atoms with van der Waals surface area (Å²) in [7, 11) is 0. The van der Waals surface area contributed by atoms with Gasteiger partial charge in [0, 0.05) is 9.40 Å². The molecule has 6 heterocycles. The van der Waals surface area contributed by atoms with E-state index in [2.05, 4.69) is 185 Å². The van der Waals surface area contributed by atoms with Crippen LogP contribution >= 0.6 is 68.0 Å². The van der Waals surface area contributed by atoms with Crippen molar-refractivity contribution in [2.75, 3.05) is 0 Å². The van der Waals surface area contributed by atoms with Gasteiger partial charge in [0.15, 0.2) is 19.3 Å². The second-order valence-corrected chi connectivity index (χ2v) is 25.5. The fourth-order valence-electron chi connectivity index (χ4n) is 11.7. The Balaban J connectivity index is 1.06. The Bertz CT molecular complexity index is 4180. The fraction of sp³-hybridized carbons (Fsp3) is 0.115. The van der Waals surface area contributed by atoms with Gasteiger partial charge in [-0.2, -0.15) is 0 Å².